The Balaban J connectivity index is 0.000000209. The second-order valence-corrected chi connectivity index (χ2v) is 5.52. The van der Waals surface area contributed by atoms with Crippen molar-refractivity contribution in [2.75, 3.05) is 11.5 Å². The highest BCUT2D eigenvalue weighted by atomic mass is 32.1. The Hall–Kier alpha value is -2.34. The molecule has 1 aromatic carbocycles. The standard InChI is InChI=1S/C8H10OS.C7H8N4.C2H6/c1-2-3-7-4-5-10-8(7)6-9;8-4-1-2-5-6(3-4)11-7(9)10-5;1-2/h4-6H,2-3H2,1H3;1-3H,8H2,(H3,9,10,11);1-2H3. The summed E-state index contributed by atoms with van der Waals surface area (Å²) in [6, 6.07) is 7.46. The van der Waals surface area contributed by atoms with Crippen molar-refractivity contribution in [3.05, 3.63) is 40.1 Å². The van der Waals surface area contributed by atoms with Crippen LogP contribution in [0.2, 0.25) is 0 Å². The largest absolute Gasteiger partial charge is 0.399 e. The molecule has 0 fully saturated rings. The maximum absolute atomic E-state index is 10.4. The summed E-state index contributed by atoms with van der Waals surface area (Å²) in [6.45, 7) is 6.12. The minimum Gasteiger partial charge on any atom is -0.399 e. The molecule has 0 bridgehead atoms. The molecule has 0 aliphatic carbocycles. The van der Waals surface area contributed by atoms with Crippen LogP contribution in [0.1, 0.15) is 42.4 Å². The Morgan fingerprint density at radius 1 is 1.26 bits per heavy atom. The summed E-state index contributed by atoms with van der Waals surface area (Å²) in [5.41, 5.74) is 14.6. The number of aromatic amines is 1. The molecule has 0 unspecified atom stereocenters. The van der Waals surface area contributed by atoms with E-state index in [2.05, 4.69) is 16.9 Å². The fourth-order valence-electron chi connectivity index (χ4n) is 1.97. The van der Waals surface area contributed by atoms with Crippen LogP contribution in [0.3, 0.4) is 0 Å². The van der Waals surface area contributed by atoms with Crippen molar-refractivity contribution in [2.45, 2.75) is 33.6 Å². The molecule has 0 atom stereocenters. The SMILES string of the molecule is CC.CCCc1ccsc1C=O.Nc1ccc2nc(N)[nH]c2c1. The molecular formula is C17H24N4OS. The number of aromatic nitrogens is 2. The topological polar surface area (TPSA) is 97.8 Å². The number of thiophene rings is 1. The summed E-state index contributed by atoms with van der Waals surface area (Å²) in [4.78, 5) is 18.2. The van der Waals surface area contributed by atoms with E-state index in [-0.39, 0.29) is 0 Å². The van der Waals surface area contributed by atoms with Gasteiger partial charge in [-0.2, -0.15) is 0 Å². The third-order valence-electron chi connectivity index (χ3n) is 2.93. The summed E-state index contributed by atoms with van der Waals surface area (Å²) in [7, 11) is 0. The van der Waals surface area contributed by atoms with E-state index in [1.165, 1.54) is 16.9 Å². The fourth-order valence-corrected chi connectivity index (χ4v) is 2.73. The summed E-state index contributed by atoms with van der Waals surface area (Å²) >= 11 is 1.52. The van der Waals surface area contributed by atoms with Crippen LogP contribution in [0.25, 0.3) is 11.0 Å². The third kappa shape index (κ3) is 5.41. The van der Waals surface area contributed by atoms with Crippen LogP contribution >= 0.6 is 11.3 Å². The quantitative estimate of drug-likeness (QED) is 0.493. The Bertz CT molecular complexity index is 733. The zero-order valence-corrected chi connectivity index (χ0v) is 14.6. The van der Waals surface area contributed by atoms with Gasteiger partial charge in [0, 0.05) is 5.69 Å². The highest BCUT2D eigenvalue weighted by Gasteiger charge is 2.00. The lowest BCUT2D eigenvalue weighted by atomic mass is 10.1. The number of rotatable bonds is 3. The number of nitrogen functional groups attached to an aromatic ring is 2. The Labute approximate surface area is 140 Å². The van der Waals surface area contributed by atoms with Crippen LogP contribution in [0, 0.1) is 0 Å². The molecule has 5 N–H and O–H groups in total. The van der Waals surface area contributed by atoms with Crippen molar-refractivity contribution >= 4 is 40.3 Å². The maximum Gasteiger partial charge on any atom is 0.198 e. The van der Waals surface area contributed by atoms with Gasteiger partial charge >= 0.3 is 0 Å². The number of nitrogens with zero attached hydrogens (tertiary/aromatic N) is 1. The molecule has 0 saturated carbocycles. The molecule has 0 aliphatic rings. The molecule has 124 valence electrons. The van der Waals surface area contributed by atoms with Gasteiger partial charge in [-0.05, 0) is 41.6 Å². The first kappa shape index (κ1) is 18.7. The predicted octanol–water partition coefficient (Wildman–Crippen LogP) is 4.27. The molecule has 2 aromatic heterocycles. The molecule has 23 heavy (non-hydrogen) atoms. The fraction of sp³-hybridized carbons (Fsp3) is 0.294. The summed E-state index contributed by atoms with van der Waals surface area (Å²) in [6.07, 6.45) is 3.07. The minimum atomic E-state index is 0.422. The highest BCUT2D eigenvalue weighted by molar-refractivity contribution is 7.11. The normalized spacial score (nSPS) is 9.52. The first-order valence-electron chi connectivity index (χ1n) is 7.66. The molecule has 0 radical (unpaired) electrons. The van der Waals surface area contributed by atoms with Gasteiger partial charge in [0.15, 0.2) is 12.2 Å². The Kier molecular flexibility index (Phi) is 7.83. The number of anilines is 2. The smallest absolute Gasteiger partial charge is 0.198 e. The van der Waals surface area contributed by atoms with E-state index in [0.29, 0.717) is 11.6 Å². The van der Waals surface area contributed by atoms with Crippen LogP contribution in [0.4, 0.5) is 11.6 Å². The lowest BCUT2D eigenvalue weighted by Gasteiger charge is -1.91. The van der Waals surface area contributed by atoms with Gasteiger partial charge < -0.3 is 16.5 Å². The van der Waals surface area contributed by atoms with Crippen molar-refractivity contribution in [3.8, 4) is 0 Å². The Morgan fingerprint density at radius 2 is 2.00 bits per heavy atom. The number of fused-ring (bicyclic) bond motifs is 1. The number of benzene rings is 1. The highest BCUT2D eigenvalue weighted by Crippen LogP contribution is 2.16. The summed E-state index contributed by atoms with van der Waals surface area (Å²) in [5.74, 6) is 0.422. The van der Waals surface area contributed by atoms with Gasteiger partial charge in [0.25, 0.3) is 0 Å². The Morgan fingerprint density at radius 3 is 2.65 bits per heavy atom. The molecule has 0 amide bonds. The molecule has 6 heteroatoms. The van der Waals surface area contributed by atoms with Crippen molar-refractivity contribution in [2.24, 2.45) is 0 Å². The van der Waals surface area contributed by atoms with E-state index < -0.39 is 0 Å². The number of hydrogen-bond donors (Lipinski definition) is 3. The van der Waals surface area contributed by atoms with Crippen molar-refractivity contribution in [3.63, 3.8) is 0 Å². The number of nitrogens with two attached hydrogens (primary N) is 2. The number of hydrogen-bond acceptors (Lipinski definition) is 5. The molecular weight excluding hydrogens is 308 g/mol. The number of imidazole rings is 1. The van der Waals surface area contributed by atoms with E-state index in [1.54, 1.807) is 12.1 Å². The van der Waals surface area contributed by atoms with Gasteiger partial charge in [-0.25, -0.2) is 4.98 Å². The van der Waals surface area contributed by atoms with Crippen LogP contribution in [0.5, 0.6) is 0 Å². The summed E-state index contributed by atoms with van der Waals surface area (Å²) in [5, 5.41) is 1.97. The van der Waals surface area contributed by atoms with Crippen molar-refractivity contribution in [1.82, 2.24) is 9.97 Å². The second-order valence-electron chi connectivity index (χ2n) is 4.58. The molecule has 5 nitrogen and oxygen atoms in total. The van der Waals surface area contributed by atoms with Gasteiger partial charge in [0.2, 0.25) is 0 Å². The van der Waals surface area contributed by atoms with Crippen molar-refractivity contribution in [1.29, 1.82) is 0 Å². The third-order valence-corrected chi connectivity index (χ3v) is 3.82. The molecule has 3 rings (SSSR count). The predicted molar refractivity (Wildman–Crippen MR) is 100.0 cm³/mol. The zero-order valence-electron chi connectivity index (χ0n) is 13.8. The van der Waals surface area contributed by atoms with Crippen LogP contribution in [-0.4, -0.2) is 16.3 Å². The van der Waals surface area contributed by atoms with Gasteiger partial charge in [0.05, 0.1) is 15.9 Å². The van der Waals surface area contributed by atoms with E-state index >= 15 is 0 Å². The van der Waals surface area contributed by atoms with E-state index in [0.717, 1.165) is 35.0 Å². The first-order valence-corrected chi connectivity index (χ1v) is 8.54. The van der Waals surface area contributed by atoms with E-state index in [1.807, 2.05) is 31.4 Å². The number of aryl methyl sites for hydroxylation is 1. The maximum atomic E-state index is 10.4. The monoisotopic (exact) mass is 332 g/mol. The average Bonchev–Trinajstić information content (AvgIpc) is 3.15. The van der Waals surface area contributed by atoms with E-state index in [4.69, 9.17) is 11.5 Å². The zero-order chi connectivity index (χ0) is 17.2. The molecule has 2 heterocycles. The lowest BCUT2D eigenvalue weighted by Crippen LogP contribution is -1.84. The molecule has 3 aromatic rings. The minimum absolute atomic E-state index is 0.422. The number of carbonyl (C=O) groups is 1. The average molecular weight is 332 g/mol. The molecule has 0 aliphatic heterocycles. The number of nitrogens with one attached hydrogen (secondary N) is 1. The summed E-state index contributed by atoms with van der Waals surface area (Å²) < 4.78 is 0. The number of carbonyl (C=O) groups excluding carboxylic acids is 1. The van der Waals surface area contributed by atoms with Crippen LogP contribution < -0.4 is 11.5 Å². The molecule has 0 spiro atoms. The first-order chi connectivity index (χ1) is 11.1. The van der Waals surface area contributed by atoms with Crippen LogP contribution in [-0.2, 0) is 6.42 Å². The van der Waals surface area contributed by atoms with Gasteiger partial charge in [0.1, 0.15) is 0 Å². The van der Waals surface area contributed by atoms with Crippen molar-refractivity contribution < 1.29 is 4.79 Å². The van der Waals surface area contributed by atoms with Crippen LogP contribution in [0.15, 0.2) is 29.6 Å². The second kappa shape index (κ2) is 9.63. The van der Waals surface area contributed by atoms with Gasteiger partial charge in [-0.3, -0.25) is 4.79 Å². The number of aldehydes is 1. The van der Waals surface area contributed by atoms with Gasteiger partial charge in [-0.15, -0.1) is 11.3 Å². The van der Waals surface area contributed by atoms with E-state index in [9.17, 15) is 4.79 Å². The molecule has 0 saturated heterocycles. The lowest BCUT2D eigenvalue weighted by molar-refractivity contribution is 0.112. The van der Waals surface area contributed by atoms with Gasteiger partial charge in [-0.1, -0.05) is 27.2 Å². The number of H-pyrrole nitrogens is 1.